The monoisotopic (exact) mass is 264 g/mol. The number of primary amides is 1. The summed E-state index contributed by atoms with van der Waals surface area (Å²) in [5.74, 6) is -0.743. The van der Waals surface area contributed by atoms with Crippen LogP contribution in [0.15, 0.2) is 16.9 Å². The van der Waals surface area contributed by atoms with Crippen molar-refractivity contribution in [3.8, 4) is 17.2 Å². The summed E-state index contributed by atoms with van der Waals surface area (Å²) in [7, 11) is 2.88. The van der Waals surface area contributed by atoms with E-state index in [1.165, 1.54) is 26.4 Å². The normalized spacial score (nSPS) is 10.4. The van der Waals surface area contributed by atoms with Gasteiger partial charge < -0.3 is 25.3 Å². The Bertz CT molecular complexity index is 720. The van der Waals surface area contributed by atoms with Crippen LogP contribution >= 0.6 is 0 Å². The number of carbonyl (C=O) groups is 1. The minimum atomic E-state index is -1.00. The van der Waals surface area contributed by atoms with Gasteiger partial charge in [0, 0.05) is 11.5 Å². The van der Waals surface area contributed by atoms with Crippen molar-refractivity contribution in [2.45, 2.75) is 0 Å². The Hall–Kier alpha value is -2.70. The van der Waals surface area contributed by atoms with Gasteiger partial charge in [-0.25, -0.2) is 0 Å². The Morgan fingerprint density at radius 3 is 2.37 bits per heavy atom. The molecule has 0 saturated carbocycles. The standard InChI is InChI=1S/C12H12N2O5/c1-18-7-3-5-6(4-8(7)19-2)14-12(17)9(10(5)15)11(13)16/h3-4H,1-2H3,(H2,13,16)(H2,14,15,17). The first-order chi connectivity index (χ1) is 8.99. The Kier molecular flexibility index (Phi) is 3.04. The summed E-state index contributed by atoms with van der Waals surface area (Å²) in [5.41, 5.74) is 4.12. The third-order valence-corrected chi connectivity index (χ3v) is 2.74. The van der Waals surface area contributed by atoms with Crippen LogP contribution in [0.3, 0.4) is 0 Å². The fourth-order valence-corrected chi connectivity index (χ4v) is 1.83. The number of methoxy groups -OCH3 is 2. The number of hydrogen-bond donors (Lipinski definition) is 3. The number of rotatable bonds is 3. The van der Waals surface area contributed by atoms with Gasteiger partial charge in [-0.1, -0.05) is 0 Å². The van der Waals surface area contributed by atoms with Crippen LogP contribution in [0.4, 0.5) is 0 Å². The second-order valence-corrected chi connectivity index (χ2v) is 3.79. The topological polar surface area (TPSA) is 115 Å². The number of carbonyl (C=O) groups excluding carboxylic acids is 1. The van der Waals surface area contributed by atoms with Crippen molar-refractivity contribution in [2.75, 3.05) is 14.2 Å². The zero-order valence-corrected chi connectivity index (χ0v) is 10.3. The number of aromatic nitrogens is 1. The van der Waals surface area contributed by atoms with Crippen LogP contribution < -0.4 is 20.8 Å². The summed E-state index contributed by atoms with van der Waals surface area (Å²) in [6.45, 7) is 0. The average Bonchev–Trinajstić information content (AvgIpc) is 2.36. The minimum Gasteiger partial charge on any atom is -0.506 e. The molecule has 19 heavy (non-hydrogen) atoms. The maximum Gasteiger partial charge on any atom is 0.265 e. The SMILES string of the molecule is COc1cc2[nH]c(=O)c(C(N)=O)c(O)c2cc1OC. The summed E-state index contributed by atoms with van der Waals surface area (Å²) in [5, 5.41) is 10.2. The van der Waals surface area contributed by atoms with E-state index in [1.807, 2.05) is 0 Å². The molecule has 7 heteroatoms. The van der Waals surface area contributed by atoms with Crippen molar-refractivity contribution >= 4 is 16.8 Å². The van der Waals surface area contributed by atoms with Gasteiger partial charge in [0.15, 0.2) is 11.5 Å². The summed E-state index contributed by atoms with van der Waals surface area (Å²) < 4.78 is 10.2. The van der Waals surface area contributed by atoms with Crippen LogP contribution in [0.2, 0.25) is 0 Å². The zero-order valence-electron chi connectivity index (χ0n) is 10.3. The van der Waals surface area contributed by atoms with Crippen molar-refractivity contribution < 1.29 is 19.4 Å². The molecule has 0 aliphatic heterocycles. The number of H-pyrrole nitrogens is 1. The van der Waals surface area contributed by atoms with Gasteiger partial charge in [-0.3, -0.25) is 9.59 Å². The van der Waals surface area contributed by atoms with Crippen molar-refractivity contribution in [1.82, 2.24) is 4.98 Å². The van der Waals surface area contributed by atoms with E-state index in [0.29, 0.717) is 17.0 Å². The molecule has 2 aromatic rings. The molecule has 0 spiro atoms. The van der Waals surface area contributed by atoms with Crippen molar-refractivity contribution in [3.63, 3.8) is 0 Å². The van der Waals surface area contributed by atoms with Gasteiger partial charge in [-0.2, -0.15) is 0 Å². The smallest absolute Gasteiger partial charge is 0.265 e. The molecule has 0 fully saturated rings. The highest BCUT2D eigenvalue weighted by atomic mass is 16.5. The van der Waals surface area contributed by atoms with Crippen LogP contribution in [0.1, 0.15) is 10.4 Å². The minimum absolute atomic E-state index is 0.242. The number of aromatic hydroxyl groups is 1. The molecule has 7 nitrogen and oxygen atoms in total. The van der Waals surface area contributed by atoms with Gasteiger partial charge in [0.1, 0.15) is 11.3 Å². The molecule has 0 atom stereocenters. The maximum absolute atomic E-state index is 11.7. The van der Waals surface area contributed by atoms with Crippen LogP contribution in [0.25, 0.3) is 10.9 Å². The molecule has 0 saturated heterocycles. The quantitative estimate of drug-likeness (QED) is 0.740. The molecule has 0 aliphatic rings. The summed E-state index contributed by atoms with van der Waals surface area (Å²) in [4.78, 5) is 25.3. The summed E-state index contributed by atoms with van der Waals surface area (Å²) in [6.07, 6.45) is 0. The predicted molar refractivity (Wildman–Crippen MR) is 67.9 cm³/mol. The van der Waals surface area contributed by atoms with Crippen LogP contribution in [0.5, 0.6) is 17.2 Å². The first kappa shape index (κ1) is 12.7. The molecule has 4 N–H and O–H groups in total. The number of aromatic amines is 1. The molecular weight excluding hydrogens is 252 g/mol. The lowest BCUT2D eigenvalue weighted by atomic mass is 10.1. The second-order valence-electron chi connectivity index (χ2n) is 3.79. The van der Waals surface area contributed by atoms with Gasteiger partial charge in [-0.05, 0) is 6.07 Å². The number of nitrogens with two attached hydrogens (primary N) is 1. The molecule has 0 bridgehead atoms. The molecule has 2 rings (SSSR count). The molecule has 1 aromatic heterocycles. The molecule has 1 heterocycles. The van der Waals surface area contributed by atoms with Crippen LogP contribution in [-0.4, -0.2) is 30.2 Å². The lowest BCUT2D eigenvalue weighted by Crippen LogP contribution is -2.23. The summed E-state index contributed by atoms with van der Waals surface area (Å²) in [6, 6.07) is 2.94. The van der Waals surface area contributed by atoms with E-state index in [2.05, 4.69) is 4.98 Å². The van der Waals surface area contributed by atoms with Gasteiger partial charge in [0.2, 0.25) is 0 Å². The van der Waals surface area contributed by atoms with Gasteiger partial charge in [-0.15, -0.1) is 0 Å². The largest absolute Gasteiger partial charge is 0.506 e. The fraction of sp³-hybridized carbons (Fsp3) is 0.167. The highest BCUT2D eigenvalue weighted by Crippen LogP contribution is 2.35. The van der Waals surface area contributed by atoms with Gasteiger partial charge >= 0.3 is 0 Å². The second kappa shape index (κ2) is 4.52. The Morgan fingerprint density at radius 1 is 1.26 bits per heavy atom. The fourth-order valence-electron chi connectivity index (χ4n) is 1.83. The van der Waals surface area contributed by atoms with E-state index in [-0.39, 0.29) is 5.39 Å². The number of benzene rings is 1. The first-order valence-corrected chi connectivity index (χ1v) is 5.30. The molecule has 100 valence electrons. The Labute approximate surface area is 107 Å². The van der Waals surface area contributed by atoms with E-state index in [9.17, 15) is 14.7 Å². The van der Waals surface area contributed by atoms with Crippen LogP contribution in [-0.2, 0) is 0 Å². The van der Waals surface area contributed by atoms with E-state index in [0.717, 1.165) is 0 Å². The number of amides is 1. The van der Waals surface area contributed by atoms with Gasteiger partial charge in [0.25, 0.3) is 11.5 Å². The molecule has 1 aromatic carbocycles. The van der Waals surface area contributed by atoms with Crippen molar-refractivity contribution in [3.05, 3.63) is 28.0 Å². The van der Waals surface area contributed by atoms with Crippen LogP contribution in [0, 0.1) is 0 Å². The first-order valence-electron chi connectivity index (χ1n) is 5.30. The molecule has 0 unspecified atom stereocenters. The van der Waals surface area contributed by atoms with E-state index in [4.69, 9.17) is 15.2 Å². The van der Waals surface area contributed by atoms with Crippen molar-refractivity contribution in [1.29, 1.82) is 0 Å². The van der Waals surface area contributed by atoms with E-state index < -0.39 is 22.8 Å². The Morgan fingerprint density at radius 2 is 1.84 bits per heavy atom. The average molecular weight is 264 g/mol. The maximum atomic E-state index is 11.7. The summed E-state index contributed by atoms with van der Waals surface area (Å²) >= 11 is 0. The lowest BCUT2D eigenvalue weighted by Gasteiger charge is -2.10. The number of hydrogen-bond acceptors (Lipinski definition) is 5. The van der Waals surface area contributed by atoms with E-state index >= 15 is 0 Å². The number of pyridine rings is 1. The molecule has 1 amide bonds. The van der Waals surface area contributed by atoms with Crippen molar-refractivity contribution in [2.24, 2.45) is 5.73 Å². The third kappa shape index (κ3) is 1.95. The number of fused-ring (bicyclic) bond motifs is 1. The third-order valence-electron chi connectivity index (χ3n) is 2.74. The molecule has 0 aliphatic carbocycles. The highest BCUT2D eigenvalue weighted by Gasteiger charge is 2.18. The number of nitrogens with one attached hydrogen (secondary N) is 1. The molecule has 0 radical (unpaired) electrons. The number of ether oxygens (including phenoxy) is 2. The Balaban J connectivity index is 2.90. The molecular formula is C12H12N2O5. The zero-order chi connectivity index (χ0) is 14.2. The van der Waals surface area contributed by atoms with E-state index in [1.54, 1.807) is 0 Å². The lowest BCUT2D eigenvalue weighted by molar-refractivity contribution is 0.0996. The highest BCUT2D eigenvalue weighted by molar-refractivity contribution is 6.01. The predicted octanol–water partition coefficient (Wildman–Crippen LogP) is 0.350. The van der Waals surface area contributed by atoms with Gasteiger partial charge in [0.05, 0.1) is 19.7 Å².